The SMILES string of the molecule is NS(=O)(=O)c1ccc(NC(=O)CC2CCCO2)c(F)c1. The van der Waals surface area contributed by atoms with Crippen LogP contribution in [0.2, 0.25) is 0 Å². The molecule has 1 unspecified atom stereocenters. The summed E-state index contributed by atoms with van der Waals surface area (Å²) in [6.45, 7) is 0.634. The molecule has 1 aliphatic rings. The molecule has 1 fully saturated rings. The molecular formula is C12H15FN2O4S. The van der Waals surface area contributed by atoms with E-state index in [0.29, 0.717) is 6.61 Å². The molecule has 0 radical (unpaired) electrons. The molecule has 1 aliphatic heterocycles. The van der Waals surface area contributed by atoms with Crippen molar-refractivity contribution < 1.29 is 22.3 Å². The van der Waals surface area contributed by atoms with Crippen molar-refractivity contribution in [3.63, 3.8) is 0 Å². The van der Waals surface area contributed by atoms with Crippen molar-refractivity contribution in [2.24, 2.45) is 5.14 Å². The highest BCUT2D eigenvalue weighted by Crippen LogP contribution is 2.20. The molecule has 8 heteroatoms. The zero-order chi connectivity index (χ0) is 14.8. The summed E-state index contributed by atoms with van der Waals surface area (Å²) in [4.78, 5) is 11.4. The van der Waals surface area contributed by atoms with Crippen LogP contribution < -0.4 is 10.5 Å². The minimum atomic E-state index is -3.96. The normalized spacial score (nSPS) is 19.0. The number of nitrogens with two attached hydrogens (primary N) is 1. The van der Waals surface area contributed by atoms with Crippen LogP contribution in [-0.4, -0.2) is 27.0 Å². The maximum Gasteiger partial charge on any atom is 0.238 e. The van der Waals surface area contributed by atoms with E-state index >= 15 is 0 Å². The van der Waals surface area contributed by atoms with E-state index in [9.17, 15) is 17.6 Å². The lowest BCUT2D eigenvalue weighted by Gasteiger charge is -2.10. The third kappa shape index (κ3) is 3.75. The fourth-order valence-electron chi connectivity index (χ4n) is 1.99. The van der Waals surface area contributed by atoms with Crippen molar-refractivity contribution in [1.82, 2.24) is 0 Å². The van der Waals surface area contributed by atoms with Crippen molar-refractivity contribution >= 4 is 21.6 Å². The van der Waals surface area contributed by atoms with Gasteiger partial charge in [0.05, 0.1) is 23.1 Å². The van der Waals surface area contributed by atoms with Gasteiger partial charge in [0.15, 0.2) is 0 Å². The lowest BCUT2D eigenvalue weighted by molar-refractivity contribution is -0.118. The summed E-state index contributed by atoms with van der Waals surface area (Å²) in [7, 11) is -3.96. The smallest absolute Gasteiger partial charge is 0.238 e. The third-order valence-electron chi connectivity index (χ3n) is 2.98. The zero-order valence-electron chi connectivity index (χ0n) is 10.6. The van der Waals surface area contributed by atoms with Gasteiger partial charge >= 0.3 is 0 Å². The average molecular weight is 302 g/mol. The summed E-state index contributed by atoms with van der Waals surface area (Å²) in [6, 6.07) is 3.08. The molecule has 1 atom stereocenters. The maximum absolute atomic E-state index is 13.7. The van der Waals surface area contributed by atoms with Gasteiger partial charge in [-0.1, -0.05) is 0 Å². The molecule has 0 bridgehead atoms. The van der Waals surface area contributed by atoms with Gasteiger partial charge in [-0.15, -0.1) is 0 Å². The van der Waals surface area contributed by atoms with Gasteiger partial charge in [-0.3, -0.25) is 4.79 Å². The summed E-state index contributed by atoms with van der Waals surface area (Å²) in [5, 5.41) is 7.27. The third-order valence-corrected chi connectivity index (χ3v) is 3.89. The van der Waals surface area contributed by atoms with Gasteiger partial charge in [0.1, 0.15) is 5.82 Å². The molecule has 0 aromatic heterocycles. The fraction of sp³-hybridized carbons (Fsp3) is 0.417. The minimum absolute atomic E-state index is 0.0830. The van der Waals surface area contributed by atoms with Crippen LogP contribution in [0.5, 0.6) is 0 Å². The zero-order valence-corrected chi connectivity index (χ0v) is 11.5. The first-order valence-electron chi connectivity index (χ1n) is 6.10. The molecule has 1 saturated heterocycles. The van der Waals surface area contributed by atoms with Crippen LogP contribution in [0.15, 0.2) is 23.1 Å². The first-order valence-corrected chi connectivity index (χ1v) is 7.65. The van der Waals surface area contributed by atoms with Crippen LogP contribution in [-0.2, 0) is 19.6 Å². The van der Waals surface area contributed by atoms with Crippen LogP contribution >= 0.6 is 0 Å². The van der Waals surface area contributed by atoms with Crippen molar-refractivity contribution in [1.29, 1.82) is 0 Å². The lowest BCUT2D eigenvalue weighted by Crippen LogP contribution is -2.20. The second-order valence-electron chi connectivity index (χ2n) is 4.57. The average Bonchev–Trinajstić information content (AvgIpc) is 2.83. The van der Waals surface area contributed by atoms with E-state index in [-0.39, 0.29) is 29.0 Å². The van der Waals surface area contributed by atoms with E-state index in [4.69, 9.17) is 9.88 Å². The van der Waals surface area contributed by atoms with Gasteiger partial charge in [0.2, 0.25) is 15.9 Å². The van der Waals surface area contributed by atoms with Gasteiger partial charge < -0.3 is 10.1 Å². The van der Waals surface area contributed by atoms with Crippen LogP contribution in [0, 0.1) is 5.82 Å². The molecule has 1 amide bonds. The number of sulfonamides is 1. The lowest BCUT2D eigenvalue weighted by atomic mass is 10.1. The van der Waals surface area contributed by atoms with Crippen molar-refractivity contribution in [3.8, 4) is 0 Å². The standard InChI is InChI=1S/C12H15FN2O4S/c13-10-7-9(20(14,17)18)3-4-11(10)15-12(16)6-8-2-1-5-19-8/h3-4,7-8H,1-2,5-6H2,(H,15,16)(H2,14,17,18). The Labute approximate surface area is 116 Å². The molecule has 20 heavy (non-hydrogen) atoms. The Balaban J connectivity index is 2.04. The molecule has 1 heterocycles. The number of ether oxygens (including phenoxy) is 1. The molecule has 6 nitrogen and oxygen atoms in total. The fourth-order valence-corrected chi connectivity index (χ4v) is 2.51. The van der Waals surface area contributed by atoms with Crippen LogP contribution in [0.3, 0.4) is 0 Å². The Morgan fingerprint density at radius 3 is 2.80 bits per heavy atom. The first-order chi connectivity index (χ1) is 9.36. The van der Waals surface area contributed by atoms with E-state index < -0.39 is 15.8 Å². The molecule has 0 aliphatic carbocycles. The van der Waals surface area contributed by atoms with Gasteiger partial charge in [-0.05, 0) is 31.0 Å². The van der Waals surface area contributed by atoms with Crippen molar-refractivity contribution in [2.45, 2.75) is 30.3 Å². The number of anilines is 1. The number of amides is 1. The summed E-state index contributed by atoms with van der Waals surface area (Å²) in [5.74, 6) is -1.23. The number of carbonyl (C=O) groups is 1. The number of rotatable bonds is 4. The Hall–Kier alpha value is -1.51. The number of halogens is 1. The van der Waals surface area contributed by atoms with Crippen LogP contribution in [0.4, 0.5) is 10.1 Å². The molecule has 2 rings (SSSR count). The molecule has 3 N–H and O–H groups in total. The van der Waals surface area contributed by atoms with Crippen LogP contribution in [0.25, 0.3) is 0 Å². The monoisotopic (exact) mass is 302 g/mol. The molecular weight excluding hydrogens is 287 g/mol. The minimum Gasteiger partial charge on any atom is -0.378 e. The number of primary sulfonamides is 1. The van der Waals surface area contributed by atoms with Gasteiger partial charge in [0.25, 0.3) is 0 Å². The number of hydrogen-bond donors (Lipinski definition) is 2. The number of hydrogen-bond acceptors (Lipinski definition) is 4. The highest BCUT2D eigenvalue weighted by Gasteiger charge is 2.20. The second-order valence-corrected chi connectivity index (χ2v) is 6.14. The summed E-state index contributed by atoms with van der Waals surface area (Å²) in [5.41, 5.74) is -0.0830. The van der Waals surface area contributed by atoms with E-state index in [2.05, 4.69) is 5.32 Å². The largest absolute Gasteiger partial charge is 0.378 e. The molecule has 1 aromatic rings. The predicted octanol–water partition coefficient (Wildman–Crippen LogP) is 0.981. The van der Waals surface area contributed by atoms with Crippen molar-refractivity contribution in [2.75, 3.05) is 11.9 Å². The number of carbonyl (C=O) groups excluding carboxylic acids is 1. The Kier molecular flexibility index (Phi) is 4.36. The topological polar surface area (TPSA) is 98.5 Å². The van der Waals surface area contributed by atoms with Gasteiger partial charge in [-0.2, -0.15) is 0 Å². The highest BCUT2D eigenvalue weighted by atomic mass is 32.2. The van der Waals surface area contributed by atoms with Crippen molar-refractivity contribution in [3.05, 3.63) is 24.0 Å². The Morgan fingerprint density at radius 1 is 1.50 bits per heavy atom. The van der Waals surface area contributed by atoms with Crippen LogP contribution in [0.1, 0.15) is 19.3 Å². The van der Waals surface area contributed by atoms with E-state index in [1.165, 1.54) is 6.07 Å². The summed E-state index contributed by atoms with van der Waals surface area (Å²) < 4.78 is 41.1. The Bertz CT molecular complexity index is 612. The predicted molar refractivity (Wildman–Crippen MR) is 70.0 cm³/mol. The molecule has 1 aromatic carbocycles. The van der Waals surface area contributed by atoms with Gasteiger partial charge in [-0.25, -0.2) is 17.9 Å². The molecule has 0 spiro atoms. The van der Waals surface area contributed by atoms with Gasteiger partial charge in [0, 0.05) is 6.61 Å². The Morgan fingerprint density at radius 2 is 2.25 bits per heavy atom. The summed E-state index contributed by atoms with van der Waals surface area (Å²) >= 11 is 0. The summed E-state index contributed by atoms with van der Waals surface area (Å²) in [6.07, 6.45) is 1.73. The van der Waals surface area contributed by atoms with E-state index in [1.807, 2.05) is 0 Å². The number of nitrogens with one attached hydrogen (secondary N) is 1. The maximum atomic E-state index is 13.7. The quantitative estimate of drug-likeness (QED) is 0.866. The molecule has 0 saturated carbocycles. The number of benzene rings is 1. The van der Waals surface area contributed by atoms with E-state index in [1.54, 1.807) is 0 Å². The molecule has 110 valence electrons. The highest BCUT2D eigenvalue weighted by molar-refractivity contribution is 7.89. The first kappa shape index (κ1) is 14.9. The second kappa shape index (κ2) is 5.86. The van der Waals surface area contributed by atoms with E-state index in [0.717, 1.165) is 25.0 Å².